The van der Waals surface area contributed by atoms with Gasteiger partial charge in [-0.3, -0.25) is 0 Å². The van der Waals surface area contributed by atoms with Crippen molar-refractivity contribution in [3.05, 3.63) is 59.8 Å². The quantitative estimate of drug-likeness (QED) is 0.724. The largest absolute Gasteiger partial charge is 0.461 e. The van der Waals surface area contributed by atoms with E-state index in [1.807, 2.05) is 55.5 Å². The van der Waals surface area contributed by atoms with E-state index < -0.39 is 5.97 Å². The first-order chi connectivity index (χ1) is 11.7. The molecule has 0 spiro atoms. The Balaban J connectivity index is 1.80. The normalized spacial score (nSPS) is 10.4. The maximum atomic E-state index is 11.9. The van der Waals surface area contributed by atoms with Gasteiger partial charge in [0.2, 0.25) is 0 Å². The molecule has 0 aliphatic carbocycles. The van der Waals surface area contributed by atoms with Gasteiger partial charge < -0.3 is 9.47 Å². The van der Waals surface area contributed by atoms with Crippen molar-refractivity contribution >= 4 is 5.97 Å². The van der Waals surface area contributed by atoms with Gasteiger partial charge in [-0.05, 0) is 55.8 Å². The van der Waals surface area contributed by atoms with Crippen molar-refractivity contribution in [3.8, 4) is 22.8 Å². The maximum Gasteiger partial charge on any atom is 0.361 e. The molecule has 0 bridgehead atoms. The summed E-state index contributed by atoms with van der Waals surface area (Å²) in [6.07, 6.45) is 0. The van der Waals surface area contributed by atoms with Crippen LogP contribution < -0.4 is 4.74 Å². The molecule has 0 fully saturated rings. The second kappa shape index (κ2) is 6.95. The van der Waals surface area contributed by atoms with Crippen LogP contribution in [0.25, 0.3) is 11.3 Å². The van der Waals surface area contributed by atoms with E-state index in [-0.39, 0.29) is 12.3 Å². The number of aryl methyl sites for hydroxylation is 1. The van der Waals surface area contributed by atoms with Gasteiger partial charge in [-0.15, -0.1) is 5.10 Å². The third-order valence-electron chi connectivity index (χ3n) is 3.37. The van der Waals surface area contributed by atoms with E-state index in [0.29, 0.717) is 11.4 Å². The number of ether oxygens (including phenoxy) is 2. The molecule has 1 N–H and O–H groups in total. The van der Waals surface area contributed by atoms with Crippen molar-refractivity contribution in [2.75, 3.05) is 6.61 Å². The number of aromatic amines is 1. The highest BCUT2D eigenvalue weighted by atomic mass is 16.5. The van der Waals surface area contributed by atoms with E-state index in [2.05, 4.69) is 15.4 Å². The van der Waals surface area contributed by atoms with E-state index in [1.54, 1.807) is 6.92 Å². The molecule has 3 rings (SSSR count). The molecular weight excluding hydrogens is 306 g/mol. The molecule has 0 unspecified atom stereocenters. The highest BCUT2D eigenvalue weighted by Crippen LogP contribution is 2.26. The number of carbonyl (C=O) groups excluding carboxylic acids is 1. The molecule has 122 valence electrons. The molecule has 0 aliphatic heterocycles. The number of hydrogen-bond donors (Lipinski definition) is 1. The zero-order valence-electron chi connectivity index (χ0n) is 13.4. The van der Waals surface area contributed by atoms with E-state index >= 15 is 0 Å². The Morgan fingerprint density at radius 1 is 1.08 bits per heavy atom. The van der Waals surface area contributed by atoms with Gasteiger partial charge in [0, 0.05) is 5.56 Å². The number of nitrogens with one attached hydrogen (secondary N) is 1. The Hall–Kier alpha value is -3.15. The summed E-state index contributed by atoms with van der Waals surface area (Å²) in [5.74, 6) is 0.975. The van der Waals surface area contributed by atoms with Gasteiger partial charge in [0.25, 0.3) is 0 Å². The van der Waals surface area contributed by atoms with Gasteiger partial charge in [0.15, 0.2) is 5.69 Å². The number of benzene rings is 2. The van der Waals surface area contributed by atoms with Crippen LogP contribution in [-0.4, -0.2) is 28.0 Å². The molecule has 3 aromatic rings. The van der Waals surface area contributed by atoms with Crippen LogP contribution in [-0.2, 0) is 4.74 Å². The Morgan fingerprint density at radius 3 is 2.58 bits per heavy atom. The van der Waals surface area contributed by atoms with Crippen LogP contribution in [0.1, 0.15) is 23.0 Å². The second-order valence-corrected chi connectivity index (χ2v) is 5.18. The van der Waals surface area contributed by atoms with Gasteiger partial charge in [-0.1, -0.05) is 12.1 Å². The molecule has 6 heteroatoms. The molecule has 0 saturated heterocycles. The van der Waals surface area contributed by atoms with Crippen molar-refractivity contribution in [1.29, 1.82) is 0 Å². The van der Waals surface area contributed by atoms with Crippen LogP contribution in [0.4, 0.5) is 0 Å². The highest BCUT2D eigenvalue weighted by Gasteiger charge is 2.18. The molecule has 1 aromatic heterocycles. The Bertz CT molecular complexity index is 841. The minimum Gasteiger partial charge on any atom is -0.461 e. The maximum absolute atomic E-state index is 11.9. The van der Waals surface area contributed by atoms with Crippen LogP contribution in [0.2, 0.25) is 0 Å². The van der Waals surface area contributed by atoms with Gasteiger partial charge >= 0.3 is 5.97 Å². The van der Waals surface area contributed by atoms with E-state index in [4.69, 9.17) is 9.47 Å². The summed E-state index contributed by atoms with van der Waals surface area (Å²) in [4.78, 5) is 11.9. The van der Waals surface area contributed by atoms with Crippen molar-refractivity contribution in [2.45, 2.75) is 13.8 Å². The summed E-state index contributed by atoms with van der Waals surface area (Å²) < 4.78 is 10.8. The average Bonchev–Trinajstić information content (AvgIpc) is 3.05. The number of nitrogens with zero attached hydrogens (tertiary/aromatic N) is 2. The van der Waals surface area contributed by atoms with Crippen LogP contribution in [0.5, 0.6) is 11.5 Å². The van der Waals surface area contributed by atoms with Crippen molar-refractivity contribution < 1.29 is 14.3 Å². The number of carbonyl (C=O) groups is 1. The lowest BCUT2D eigenvalue weighted by molar-refractivity contribution is 0.0520. The van der Waals surface area contributed by atoms with Gasteiger partial charge in [0.05, 0.1) is 6.61 Å². The number of hydrogen-bond acceptors (Lipinski definition) is 5. The SMILES string of the molecule is CCOC(=O)c1n[nH]nc1-c1ccc(Oc2cccc(C)c2)cc1. The highest BCUT2D eigenvalue weighted by molar-refractivity contribution is 5.93. The topological polar surface area (TPSA) is 77.1 Å². The van der Waals surface area contributed by atoms with E-state index in [9.17, 15) is 4.79 Å². The number of esters is 1. The molecule has 6 nitrogen and oxygen atoms in total. The predicted octanol–water partition coefficient (Wildman–Crippen LogP) is 3.75. The predicted molar refractivity (Wildman–Crippen MR) is 89.0 cm³/mol. The first-order valence-electron chi connectivity index (χ1n) is 7.60. The molecule has 0 atom stereocenters. The fourth-order valence-corrected chi connectivity index (χ4v) is 2.27. The molecular formula is C18H17N3O3. The van der Waals surface area contributed by atoms with Crippen molar-refractivity contribution in [2.24, 2.45) is 0 Å². The monoisotopic (exact) mass is 323 g/mol. The minimum atomic E-state index is -0.499. The van der Waals surface area contributed by atoms with Crippen LogP contribution in [0, 0.1) is 6.92 Å². The molecule has 0 aliphatic rings. The number of H-pyrrole nitrogens is 1. The fraction of sp³-hybridized carbons (Fsp3) is 0.167. The summed E-state index contributed by atoms with van der Waals surface area (Å²) >= 11 is 0. The smallest absolute Gasteiger partial charge is 0.361 e. The zero-order chi connectivity index (χ0) is 16.9. The first kappa shape index (κ1) is 15.7. The minimum absolute atomic E-state index is 0.171. The Labute approximate surface area is 139 Å². The lowest BCUT2D eigenvalue weighted by Gasteiger charge is -2.07. The molecule has 0 radical (unpaired) electrons. The number of rotatable bonds is 5. The number of aromatic nitrogens is 3. The Kier molecular flexibility index (Phi) is 4.56. The second-order valence-electron chi connectivity index (χ2n) is 5.18. The summed E-state index contributed by atoms with van der Waals surface area (Å²) in [7, 11) is 0. The zero-order valence-corrected chi connectivity index (χ0v) is 13.4. The van der Waals surface area contributed by atoms with Gasteiger partial charge in [-0.25, -0.2) is 4.79 Å². The summed E-state index contributed by atoms with van der Waals surface area (Å²) in [6.45, 7) is 4.04. The van der Waals surface area contributed by atoms with E-state index in [1.165, 1.54) is 0 Å². The lowest BCUT2D eigenvalue weighted by atomic mass is 10.1. The first-order valence-corrected chi connectivity index (χ1v) is 7.60. The summed E-state index contributed by atoms with van der Waals surface area (Å²) in [5.41, 5.74) is 2.51. The third kappa shape index (κ3) is 3.43. The fourth-order valence-electron chi connectivity index (χ4n) is 2.27. The van der Waals surface area contributed by atoms with Crippen LogP contribution >= 0.6 is 0 Å². The third-order valence-corrected chi connectivity index (χ3v) is 3.37. The van der Waals surface area contributed by atoms with Crippen LogP contribution in [0.3, 0.4) is 0 Å². The van der Waals surface area contributed by atoms with Crippen molar-refractivity contribution in [3.63, 3.8) is 0 Å². The molecule has 1 heterocycles. The lowest BCUT2D eigenvalue weighted by Crippen LogP contribution is -2.06. The molecule has 24 heavy (non-hydrogen) atoms. The van der Waals surface area contributed by atoms with Gasteiger partial charge in [-0.2, -0.15) is 10.3 Å². The summed E-state index contributed by atoms with van der Waals surface area (Å²) in [6, 6.07) is 15.1. The summed E-state index contributed by atoms with van der Waals surface area (Å²) in [5, 5.41) is 10.4. The average molecular weight is 323 g/mol. The Morgan fingerprint density at radius 2 is 1.88 bits per heavy atom. The standard InChI is InChI=1S/C18H17N3O3/c1-3-23-18(22)17-16(19-21-20-17)13-7-9-14(10-8-13)24-15-6-4-5-12(2)11-15/h4-11H,3H2,1-2H3,(H,19,20,21). The van der Waals surface area contributed by atoms with Gasteiger partial charge in [0.1, 0.15) is 17.2 Å². The molecule has 0 amide bonds. The molecule has 0 saturated carbocycles. The van der Waals surface area contributed by atoms with Crippen LogP contribution in [0.15, 0.2) is 48.5 Å². The van der Waals surface area contributed by atoms with Crippen molar-refractivity contribution in [1.82, 2.24) is 15.4 Å². The van der Waals surface area contributed by atoms with E-state index in [0.717, 1.165) is 16.9 Å². The molecule has 2 aromatic carbocycles.